The molecule has 0 bridgehead atoms. The van der Waals surface area contributed by atoms with Crippen molar-refractivity contribution in [2.45, 2.75) is 0 Å². The highest BCUT2D eigenvalue weighted by Gasteiger charge is 2.22. The van der Waals surface area contributed by atoms with Gasteiger partial charge < -0.3 is 4.42 Å². The molecule has 0 spiro atoms. The third kappa shape index (κ3) is 12.7. The highest BCUT2D eigenvalue weighted by molar-refractivity contribution is 6.25. The maximum Gasteiger partial charge on any atom is 0.136 e. The van der Waals surface area contributed by atoms with Gasteiger partial charge in [-0.3, -0.25) is 4.98 Å². The summed E-state index contributed by atoms with van der Waals surface area (Å²) < 4.78 is 219. The van der Waals surface area contributed by atoms with E-state index in [2.05, 4.69) is 11.1 Å². The molecule has 113 heavy (non-hydrogen) atoms. The van der Waals surface area contributed by atoms with E-state index in [4.69, 9.17) is 31.8 Å². The zero-order valence-corrected chi connectivity index (χ0v) is 60.1. The SMILES string of the molecule is [2H]c1c([2H])c([2H])c2c(-c3ccc4c(c3)oc3ccccc34)c3c([2H])c([2H])c([2H])c([2H])c3c(-c3ccc(-c4ccccc4)cc3)c2c1[2H].[2H]c1c([2H])c([2H])c2c(-c3cccc(-c4ccc5ccccc5c4)c3)c3c([2H])c([2H])c([2H])c([2H])c3c(-c3ccc(-c4ccccc4)cc3)c2c1[2H].[2H]c1c([2H])c([2H])c2c(-c3ccccn3)c3c([2H])c([2H])c([2H])c([2H])c3c(-c3ccc(-c4ccccc4)cc3)c2c1[2H]. The third-order valence-electron chi connectivity index (χ3n) is 20.8. The summed E-state index contributed by atoms with van der Waals surface area (Å²) in [5.41, 5.74) is 13.8. The number of hydrogen-bond acceptors (Lipinski definition) is 2. The van der Waals surface area contributed by atoms with Gasteiger partial charge in [-0.25, -0.2) is 0 Å². The Labute approximate surface area is 690 Å². The fourth-order valence-electron chi connectivity index (χ4n) is 15.6. The lowest BCUT2D eigenvalue weighted by Gasteiger charge is -2.18. The summed E-state index contributed by atoms with van der Waals surface area (Å²) in [6.45, 7) is 0. The molecule has 0 amide bonds. The van der Waals surface area contributed by atoms with Crippen molar-refractivity contribution in [1.29, 1.82) is 0 Å². The molecule has 0 aliphatic carbocycles. The highest BCUT2D eigenvalue weighted by atomic mass is 16.3. The summed E-state index contributed by atoms with van der Waals surface area (Å²) >= 11 is 0. The summed E-state index contributed by atoms with van der Waals surface area (Å²) in [5, 5.41) is 6.12. The average Bonchev–Trinajstić information content (AvgIpc) is 1.27. The monoisotopic (exact) mass is 1460 g/mol. The van der Waals surface area contributed by atoms with Gasteiger partial charge in [0.15, 0.2) is 0 Å². The fourth-order valence-corrected chi connectivity index (χ4v) is 15.6. The number of para-hydroxylation sites is 1. The van der Waals surface area contributed by atoms with Gasteiger partial charge in [0.2, 0.25) is 0 Å². The maximum atomic E-state index is 9.24. The van der Waals surface area contributed by atoms with Crippen LogP contribution in [0.3, 0.4) is 0 Å². The van der Waals surface area contributed by atoms with Gasteiger partial charge in [0, 0.05) is 22.5 Å². The minimum absolute atomic E-state index is 0.157. The number of furan rings is 1. The van der Waals surface area contributed by atoms with Gasteiger partial charge in [-0.1, -0.05) is 394 Å². The normalized spacial score (nSPS) is 14.3. The van der Waals surface area contributed by atoms with Crippen LogP contribution in [0.15, 0.2) is 447 Å². The van der Waals surface area contributed by atoms with E-state index in [1.807, 2.05) is 261 Å². The van der Waals surface area contributed by atoms with Gasteiger partial charge in [-0.2, -0.15) is 0 Å². The Hall–Kier alpha value is -14.8. The highest BCUT2D eigenvalue weighted by Crippen LogP contribution is 2.49. The number of aromatic nitrogens is 1. The van der Waals surface area contributed by atoms with Gasteiger partial charge in [0.1, 0.15) is 11.2 Å². The molecule has 0 radical (unpaired) electrons. The van der Waals surface area contributed by atoms with E-state index >= 15 is 0 Å². The van der Waals surface area contributed by atoms with E-state index in [1.54, 1.807) is 30.5 Å². The first-order valence-corrected chi connectivity index (χ1v) is 36.8. The second kappa shape index (κ2) is 29.6. The predicted octanol–water partition coefficient (Wildman–Crippen LogP) is 31.1. The summed E-state index contributed by atoms with van der Waals surface area (Å²) in [6, 6.07) is 83.3. The van der Waals surface area contributed by atoms with Gasteiger partial charge in [-0.05, 0) is 218 Å². The molecule has 0 aliphatic rings. The first-order chi connectivity index (χ1) is 66.0. The lowest BCUT2D eigenvalue weighted by molar-refractivity contribution is 0.669. The van der Waals surface area contributed by atoms with Crippen LogP contribution in [0.1, 0.15) is 32.9 Å². The van der Waals surface area contributed by atoms with Crippen LogP contribution in [0.4, 0.5) is 0 Å². The van der Waals surface area contributed by atoms with E-state index in [1.165, 1.54) is 0 Å². The van der Waals surface area contributed by atoms with E-state index in [0.29, 0.717) is 72.5 Å². The minimum atomic E-state index is -0.431. The zero-order chi connectivity index (χ0) is 95.9. The van der Waals surface area contributed by atoms with Crippen LogP contribution in [0.2, 0.25) is 0 Å². The van der Waals surface area contributed by atoms with Crippen molar-refractivity contribution in [3.63, 3.8) is 0 Å². The smallest absolute Gasteiger partial charge is 0.136 e. The Kier molecular flexibility index (Phi) is 12.2. The number of benzene rings is 20. The Morgan fingerprint density at radius 1 is 0.177 bits per heavy atom. The van der Waals surface area contributed by atoms with Crippen molar-refractivity contribution in [1.82, 2.24) is 4.98 Å². The summed E-state index contributed by atoms with van der Waals surface area (Å²) in [7, 11) is 0. The number of pyridine rings is 1. The fraction of sp³-hybridized carbons (Fsp3) is 0. The molecule has 2 aromatic heterocycles. The molecule has 2 heterocycles. The Morgan fingerprint density at radius 3 is 0.885 bits per heavy atom. The van der Waals surface area contributed by atoms with Crippen molar-refractivity contribution < 1.29 is 37.3 Å². The molecule has 20 aromatic carbocycles. The van der Waals surface area contributed by atoms with Crippen molar-refractivity contribution in [3.8, 4) is 111 Å². The lowest BCUT2D eigenvalue weighted by Crippen LogP contribution is -1.92. The van der Waals surface area contributed by atoms with Crippen molar-refractivity contribution in [2.24, 2.45) is 0 Å². The number of rotatable bonds is 10. The molecule has 0 saturated heterocycles. The molecule has 0 saturated carbocycles. The van der Waals surface area contributed by atoms with Gasteiger partial charge in [-0.15, -0.1) is 0 Å². The van der Waals surface area contributed by atoms with Crippen LogP contribution in [0, 0.1) is 0 Å². The van der Waals surface area contributed by atoms with Gasteiger partial charge in [0.25, 0.3) is 0 Å². The topological polar surface area (TPSA) is 26.0 Å². The standard InChI is InChI=1S/C42H28.C38H24O.C31H21N/c1-2-11-29(12-3-1)31-21-24-32(25-22-31)41-37-17-6-8-19-39(37)42(40-20-9-7-18-38(40)41)36-16-10-15-34(28-36)35-26-23-30-13-4-5-14-33(30)27-35;1-2-10-25(11-3-1)26-18-20-27(21-19-26)37-31-13-4-6-15-33(31)38(34-16-7-5-14-32(34)37)28-22-23-30-29-12-8-9-17-35(29)39-36(30)24-28;1-2-10-22(11-3-1)23-17-19-24(20-18-23)30-25-12-4-6-14-27(25)31(29-16-8-9-21-32-29)28-15-7-5-13-26(28)30/h1-28H;1-24H;1-21H/i6D,7D,8D,9D,17D,18D,19D,20D;4D,5D,6D,7D,13D,14D,15D,16D;4D,5D,6D,7D,12D,13D,14D,15D. The van der Waals surface area contributed by atoms with Crippen molar-refractivity contribution >= 4 is 97.3 Å². The number of nitrogens with zero attached hydrogens (tertiary/aromatic N) is 1. The second-order valence-electron chi connectivity index (χ2n) is 27.2. The van der Waals surface area contributed by atoms with Crippen LogP contribution in [0.5, 0.6) is 0 Å². The largest absolute Gasteiger partial charge is 0.456 e. The average molecular weight is 1460 g/mol. The molecule has 2 nitrogen and oxygen atoms in total. The van der Waals surface area contributed by atoms with E-state index < -0.39 is 72.5 Å². The van der Waals surface area contributed by atoms with E-state index in [0.717, 1.165) is 66.1 Å². The molecular formula is C111H73NO. The van der Waals surface area contributed by atoms with Gasteiger partial charge >= 0.3 is 0 Å². The van der Waals surface area contributed by atoms with Crippen molar-refractivity contribution in [3.05, 3.63) is 442 Å². The lowest BCUT2D eigenvalue weighted by atomic mass is 9.85. The second-order valence-corrected chi connectivity index (χ2v) is 27.2. The molecule has 0 aliphatic heterocycles. The van der Waals surface area contributed by atoms with E-state index in [9.17, 15) is 5.48 Å². The third-order valence-corrected chi connectivity index (χ3v) is 20.8. The minimum Gasteiger partial charge on any atom is -0.456 e. The predicted molar refractivity (Wildman–Crippen MR) is 481 cm³/mol. The summed E-state index contributed by atoms with van der Waals surface area (Å²) in [4.78, 5) is 4.44. The zero-order valence-electron chi connectivity index (χ0n) is 84.1. The first-order valence-electron chi connectivity index (χ1n) is 48.8. The van der Waals surface area contributed by atoms with E-state index in [-0.39, 0.29) is 143 Å². The van der Waals surface area contributed by atoms with Crippen LogP contribution >= 0.6 is 0 Å². The number of fused-ring (bicyclic) bond motifs is 10. The Bertz CT molecular complexity index is 8590. The van der Waals surface area contributed by atoms with Gasteiger partial charge in [0.05, 0.1) is 38.6 Å². The Balaban J connectivity index is 0.000000128. The van der Waals surface area contributed by atoms with Crippen LogP contribution in [-0.2, 0) is 0 Å². The van der Waals surface area contributed by atoms with Crippen LogP contribution in [0.25, 0.3) is 209 Å². The first kappa shape index (κ1) is 46.5. The van der Waals surface area contributed by atoms with Crippen LogP contribution < -0.4 is 0 Å². The molecule has 0 fully saturated rings. The molecular weight excluding hydrogens is 1360 g/mol. The maximum absolute atomic E-state index is 9.24. The number of hydrogen-bond donors (Lipinski definition) is 0. The quantitative estimate of drug-likeness (QED) is 0.128. The molecule has 0 atom stereocenters. The Morgan fingerprint density at radius 2 is 0.469 bits per heavy atom. The molecule has 22 aromatic rings. The molecule has 0 unspecified atom stereocenters. The molecule has 0 N–H and O–H groups in total. The summed E-state index contributed by atoms with van der Waals surface area (Å²) in [6.07, 6.45) is 1.54. The molecule has 528 valence electrons. The van der Waals surface area contributed by atoms with Crippen LogP contribution in [-0.4, -0.2) is 4.98 Å². The molecule has 22 rings (SSSR count). The molecule has 2 heteroatoms. The summed E-state index contributed by atoms with van der Waals surface area (Å²) in [5.74, 6) is 0. The van der Waals surface area contributed by atoms with Crippen molar-refractivity contribution in [2.75, 3.05) is 0 Å².